The standard InChI is InChI=1S/C21H18N2O3/c1-13-6-7-14-11-16(20(24)23-17(14)10-13)8-9-22-21(25)19-12-15-4-2-3-5-18(15)26-19/h2-7,10-12H,8-9H2,1H3,(H,22,25)(H,23,24). The molecule has 0 radical (unpaired) electrons. The number of carbonyl (C=O) groups excluding carboxylic acids is 1. The number of rotatable bonds is 4. The molecule has 5 nitrogen and oxygen atoms in total. The molecule has 0 spiro atoms. The minimum Gasteiger partial charge on any atom is -0.451 e. The van der Waals surface area contributed by atoms with Gasteiger partial charge in [0.15, 0.2) is 5.76 Å². The first-order valence-electron chi connectivity index (χ1n) is 8.49. The van der Waals surface area contributed by atoms with E-state index in [1.165, 1.54) is 0 Å². The summed E-state index contributed by atoms with van der Waals surface area (Å²) in [5.74, 6) is -0.0110. The molecule has 0 aliphatic heterocycles. The van der Waals surface area contributed by atoms with Crippen molar-refractivity contribution in [1.29, 1.82) is 0 Å². The summed E-state index contributed by atoms with van der Waals surface area (Å²) in [5.41, 5.74) is 3.12. The molecular formula is C21H18N2O3. The van der Waals surface area contributed by atoms with Crippen LogP contribution in [0.15, 0.2) is 63.8 Å². The van der Waals surface area contributed by atoms with E-state index in [4.69, 9.17) is 4.42 Å². The van der Waals surface area contributed by atoms with E-state index in [2.05, 4.69) is 10.3 Å². The van der Waals surface area contributed by atoms with Crippen LogP contribution >= 0.6 is 0 Å². The van der Waals surface area contributed by atoms with E-state index in [1.807, 2.05) is 55.5 Å². The summed E-state index contributed by atoms with van der Waals surface area (Å²) in [4.78, 5) is 27.4. The van der Waals surface area contributed by atoms with Crippen LogP contribution in [0.25, 0.3) is 21.9 Å². The summed E-state index contributed by atoms with van der Waals surface area (Å²) in [5, 5.41) is 4.68. The minimum absolute atomic E-state index is 0.124. The Morgan fingerprint density at radius 1 is 1.08 bits per heavy atom. The second-order valence-electron chi connectivity index (χ2n) is 6.37. The van der Waals surface area contributed by atoms with Gasteiger partial charge in [-0.2, -0.15) is 0 Å². The molecule has 2 aromatic carbocycles. The van der Waals surface area contributed by atoms with Gasteiger partial charge in [-0.1, -0.05) is 30.3 Å². The lowest BCUT2D eigenvalue weighted by molar-refractivity contribution is 0.0928. The van der Waals surface area contributed by atoms with Crippen molar-refractivity contribution in [2.24, 2.45) is 0 Å². The summed E-state index contributed by atoms with van der Waals surface area (Å²) in [6.07, 6.45) is 0.450. The summed E-state index contributed by atoms with van der Waals surface area (Å²) < 4.78 is 5.55. The zero-order chi connectivity index (χ0) is 18.1. The predicted octanol–water partition coefficient (Wildman–Crippen LogP) is 3.56. The molecule has 0 unspecified atom stereocenters. The third kappa shape index (κ3) is 3.11. The molecule has 2 heterocycles. The average Bonchev–Trinajstić information content (AvgIpc) is 3.06. The van der Waals surface area contributed by atoms with Crippen molar-refractivity contribution in [1.82, 2.24) is 10.3 Å². The van der Waals surface area contributed by atoms with E-state index in [0.717, 1.165) is 21.9 Å². The summed E-state index contributed by atoms with van der Waals surface area (Å²) in [7, 11) is 0. The Morgan fingerprint density at radius 3 is 2.77 bits per heavy atom. The number of furan rings is 1. The van der Waals surface area contributed by atoms with E-state index in [-0.39, 0.29) is 17.2 Å². The second-order valence-corrected chi connectivity index (χ2v) is 6.37. The molecule has 0 aliphatic carbocycles. The maximum atomic E-state index is 12.2. The van der Waals surface area contributed by atoms with Crippen LogP contribution < -0.4 is 10.9 Å². The topological polar surface area (TPSA) is 75.1 Å². The molecule has 4 rings (SSSR count). The van der Waals surface area contributed by atoms with Gasteiger partial charge >= 0.3 is 0 Å². The highest BCUT2D eigenvalue weighted by molar-refractivity contribution is 5.96. The predicted molar refractivity (Wildman–Crippen MR) is 102 cm³/mol. The quantitative estimate of drug-likeness (QED) is 0.593. The Bertz CT molecular complexity index is 1140. The lowest BCUT2D eigenvalue weighted by atomic mass is 10.1. The highest BCUT2D eigenvalue weighted by Gasteiger charge is 2.12. The number of hydrogen-bond acceptors (Lipinski definition) is 3. The molecule has 0 saturated heterocycles. The molecule has 0 fully saturated rings. The second kappa shape index (κ2) is 6.52. The molecule has 26 heavy (non-hydrogen) atoms. The molecule has 1 amide bonds. The lowest BCUT2D eigenvalue weighted by Crippen LogP contribution is -2.27. The van der Waals surface area contributed by atoms with Crippen LogP contribution in [0.1, 0.15) is 21.7 Å². The molecule has 0 bridgehead atoms. The van der Waals surface area contributed by atoms with Crippen LogP contribution in [0.5, 0.6) is 0 Å². The summed E-state index contributed by atoms with van der Waals surface area (Å²) in [6.45, 7) is 2.34. The van der Waals surface area contributed by atoms with Crippen LogP contribution in [0, 0.1) is 6.92 Å². The highest BCUT2D eigenvalue weighted by atomic mass is 16.3. The van der Waals surface area contributed by atoms with Crippen LogP contribution in [0.2, 0.25) is 0 Å². The number of para-hydroxylation sites is 1. The number of hydrogen-bond donors (Lipinski definition) is 2. The SMILES string of the molecule is Cc1ccc2cc(CCNC(=O)c3cc4ccccc4o3)c(=O)[nH]c2c1. The maximum Gasteiger partial charge on any atom is 0.287 e. The molecule has 130 valence electrons. The molecule has 4 aromatic rings. The molecule has 2 aromatic heterocycles. The van der Waals surface area contributed by atoms with Gasteiger partial charge in [-0.05, 0) is 48.6 Å². The normalized spacial score (nSPS) is 11.1. The van der Waals surface area contributed by atoms with Crippen molar-refractivity contribution in [3.63, 3.8) is 0 Å². The van der Waals surface area contributed by atoms with Crippen molar-refractivity contribution >= 4 is 27.8 Å². The van der Waals surface area contributed by atoms with E-state index >= 15 is 0 Å². The monoisotopic (exact) mass is 346 g/mol. The van der Waals surface area contributed by atoms with Crippen molar-refractivity contribution in [2.45, 2.75) is 13.3 Å². The molecule has 0 atom stereocenters. The molecule has 2 N–H and O–H groups in total. The number of benzene rings is 2. The van der Waals surface area contributed by atoms with Crippen molar-refractivity contribution < 1.29 is 9.21 Å². The van der Waals surface area contributed by atoms with E-state index in [1.54, 1.807) is 6.07 Å². The van der Waals surface area contributed by atoms with Crippen LogP contribution in [-0.4, -0.2) is 17.4 Å². The van der Waals surface area contributed by atoms with E-state index in [9.17, 15) is 9.59 Å². The van der Waals surface area contributed by atoms with Crippen LogP contribution in [0.4, 0.5) is 0 Å². The number of aromatic amines is 1. The lowest BCUT2D eigenvalue weighted by Gasteiger charge is -2.05. The molecule has 5 heteroatoms. The Labute approximate surface area is 149 Å². The number of carbonyl (C=O) groups is 1. The first-order chi connectivity index (χ1) is 12.6. The van der Waals surface area contributed by atoms with Gasteiger partial charge in [0.2, 0.25) is 0 Å². The van der Waals surface area contributed by atoms with Gasteiger partial charge in [0.05, 0.1) is 0 Å². The van der Waals surface area contributed by atoms with Crippen molar-refractivity contribution in [2.75, 3.05) is 6.54 Å². The van der Waals surface area contributed by atoms with Gasteiger partial charge < -0.3 is 14.7 Å². The fourth-order valence-corrected chi connectivity index (χ4v) is 3.04. The molecule has 0 saturated carbocycles. The smallest absolute Gasteiger partial charge is 0.287 e. The first kappa shape index (κ1) is 16.1. The number of amides is 1. The Hall–Kier alpha value is -3.34. The number of aromatic nitrogens is 1. The number of aryl methyl sites for hydroxylation is 1. The van der Waals surface area contributed by atoms with Gasteiger partial charge in [0.1, 0.15) is 5.58 Å². The Kier molecular flexibility index (Phi) is 4.05. The van der Waals surface area contributed by atoms with Gasteiger partial charge in [-0.3, -0.25) is 9.59 Å². The number of H-pyrrole nitrogens is 1. The van der Waals surface area contributed by atoms with Crippen LogP contribution in [0.3, 0.4) is 0 Å². The number of pyridine rings is 1. The van der Waals surface area contributed by atoms with Gasteiger partial charge in [0, 0.05) is 23.0 Å². The summed E-state index contributed by atoms with van der Waals surface area (Å²) in [6, 6.07) is 17.0. The fraction of sp³-hybridized carbons (Fsp3) is 0.143. The number of nitrogens with one attached hydrogen (secondary N) is 2. The Morgan fingerprint density at radius 2 is 1.92 bits per heavy atom. The Balaban J connectivity index is 1.46. The van der Waals surface area contributed by atoms with Gasteiger partial charge in [0.25, 0.3) is 11.5 Å². The highest BCUT2D eigenvalue weighted by Crippen LogP contribution is 2.18. The average molecular weight is 346 g/mol. The van der Waals surface area contributed by atoms with Crippen molar-refractivity contribution in [3.8, 4) is 0 Å². The fourth-order valence-electron chi connectivity index (χ4n) is 3.04. The van der Waals surface area contributed by atoms with Gasteiger partial charge in [-0.15, -0.1) is 0 Å². The third-order valence-corrected chi connectivity index (χ3v) is 4.41. The summed E-state index contributed by atoms with van der Waals surface area (Å²) >= 11 is 0. The number of fused-ring (bicyclic) bond motifs is 2. The molecular weight excluding hydrogens is 328 g/mol. The van der Waals surface area contributed by atoms with E-state index in [0.29, 0.717) is 24.1 Å². The zero-order valence-corrected chi connectivity index (χ0v) is 14.3. The molecule has 0 aliphatic rings. The minimum atomic E-state index is -0.283. The first-order valence-corrected chi connectivity index (χ1v) is 8.49. The van der Waals surface area contributed by atoms with E-state index < -0.39 is 0 Å². The largest absolute Gasteiger partial charge is 0.451 e. The zero-order valence-electron chi connectivity index (χ0n) is 14.3. The third-order valence-electron chi connectivity index (χ3n) is 4.41. The van der Waals surface area contributed by atoms with Crippen molar-refractivity contribution in [3.05, 3.63) is 81.8 Å². The van der Waals surface area contributed by atoms with Crippen LogP contribution in [-0.2, 0) is 6.42 Å². The maximum absolute atomic E-state index is 12.2. The van der Waals surface area contributed by atoms with Gasteiger partial charge in [-0.25, -0.2) is 0 Å².